The van der Waals surface area contributed by atoms with Crippen molar-refractivity contribution >= 4 is 29.2 Å². The van der Waals surface area contributed by atoms with E-state index in [0.717, 1.165) is 12.1 Å². The molecule has 0 aromatic heterocycles. The average molecular weight is 315 g/mol. The number of nitro groups is 1. The molecule has 1 aromatic carbocycles. The van der Waals surface area contributed by atoms with Crippen molar-refractivity contribution in [1.82, 2.24) is 5.32 Å². The zero-order chi connectivity index (χ0) is 16.4. The normalized spacial score (nSPS) is 12.6. The summed E-state index contributed by atoms with van der Waals surface area (Å²) in [6, 6.07) is 2.26. The van der Waals surface area contributed by atoms with E-state index in [1.807, 2.05) is 0 Å². The molecule has 21 heavy (non-hydrogen) atoms. The standard InChI is InChI=1S/C13H15ClN2O5/c1-13(2,3)10(12(18)19)15-11(17)7-4-8(14)6-9(5-7)16(20)21/h4-6,10H,1-3H3,(H,15,17)(H,18,19)/t10-/m1/s1. The Morgan fingerprint density at radius 1 is 1.33 bits per heavy atom. The highest BCUT2D eigenvalue weighted by molar-refractivity contribution is 6.31. The first kappa shape index (κ1) is 16.9. The molecule has 1 atom stereocenters. The zero-order valence-electron chi connectivity index (χ0n) is 11.7. The molecule has 0 aliphatic rings. The third-order valence-corrected chi connectivity index (χ3v) is 2.96. The van der Waals surface area contributed by atoms with E-state index >= 15 is 0 Å². The smallest absolute Gasteiger partial charge is 0.326 e. The molecule has 0 aliphatic heterocycles. The maximum Gasteiger partial charge on any atom is 0.326 e. The van der Waals surface area contributed by atoms with Gasteiger partial charge in [-0.3, -0.25) is 14.9 Å². The Bertz CT molecular complexity index is 595. The van der Waals surface area contributed by atoms with Crippen molar-refractivity contribution in [2.75, 3.05) is 0 Å². The van der Waals surface area contributed by atoms with E-state index in [-0.39, 0.29) is 16.3 Å². The fourth-order valence-electron chi connectivity index (χ4n) is 1.67. The van der Waals surface area contributed by atoms with E-state index in [4.69, 9.17) is 16.7 Å². The van der Waals surface area contributed by atoms with E-state index in [2.05, 4.69) is 5.32 Å². The number of carboxylic acids is 1. The minimum absolute atomic E-state index is 0.0250. The minimum Gasteiger partial charge on any atom is -0.480 e. The predicted molar refractivity (Wildman–Crippen MR) is 76.5 cm³/mol. The van der Waals surface area contributed by atoms with Crippen LogP contribution in [0.2, 0.25) is 5.02 Å². The summed E-state index contributed by atoms with van der Waals surface area (Å²) >= 11 is 5.73. The number of halogens is 1. The number of carbonyl (C=O) groups excluding carboxylic acids is 1. The highest BCUT2D eigenvalue weighted by Gasteiger charge is 2.33. The van der Waals surface area contributed by atoms with Crippen LogP contribution in [0.3, 0.4) is 0 Å². The highest BCUT2D eigenvalue weighted by Crippen LogP contribution is 2.23. The topological polar surface area (TPSA) is 110 Å². The van der Waals surface area contributed by atoms with E-state index < -0.39 is 28.3 Å². The molecule has 8 heteroatoms. The Balaban J connectivity index is 3.09. The summed E-state index contributed by atoms with van der Waals surface area (Å²) in [6.45, 7) is 4.98. The summed E-state index contributed by atoms with van der Waals surface area (Å²) in [4.78, 5) is 33.3. The van der Waals surface area contributed by atoms with Gasteiger partial charge in [0.05, 0.1) is 4.92 Å². The van der Waals surface area contributed by atoms with Crippen LogP contribution in [-0.4, -0.2) is 27.9 Å². The second kappa shape index (κ2) is 6.09. The van der Waals surface area contributed by atoms with Crippen molar-refractivity contribution in [3.8, 4) is 0 Å². The van der Waals surface area contributed by atoms with Crippen LogP contribution in [0, 0.1) is 15.5 Å². The van der Waals surface area contributed by atoms with Gasteiger partial charge in [-0.25, -0.2) is 4.79 Å². The number of nitrogens with zero attached hydrogens (tertiary/aromatic N) is 1. The largest absolute Gasteiger partial charge is 0.480 e. The van der Waals surface area contributed by atoms with Gasteiger partial charge in [-0.15, -0.1) is 0 Å². The molecule has 0 bridgehead atoms. The van der Waals surface area contributed by atoms with Gasteiger partial charge in [0.2, 0.25) is 0 Å². The quantitative estimate of drug-likeness (QED) is 0.655. The lowest BCUT2D eigenvalue weighted by atomic mass is 9.86. The number of carbonyl (C=O) groups is 2. The van der Waals surface area contributed by atoms with Crippen LogP contribution in [0.1, 0.15) is 31.1 Å². The summed E-state index contributed by atoms with van der Waals surface area (Å²) in [5.74, 6) is -1.92. The zero-order valence-corrected chi connectivity index (χ0v) is 12.5. The molecule has 0 saturated heterocycles. The van der Waals surface area contributed by atoms with Gasteiger partial charge in [-0.1, -0.05) is 32.4 Å². The van der Waals surface area contributed by atoms with E-state index in [1.54, 1.807) is 20.8 Å². The first-order valence-electron chi connectivity index (χ1n) is 6.01. The summed E-state index contributed by atoms with van der Waals surface area (Å²) < 4.78 is 0. The molecule has 1 amide bonds. The van der Waals surface area contributed by atoms with E-state index in [0.29, 0.717) is 0 Å². The molecule has 0 heterocycles. The highest BCUT2D eigenvalue weighted by atomic mass is 35.5. The molecule has 0 radical (unpaired) electrons. The molecule has 7 nitrogen and oxygen atoms in total. The van der Waals surface area contributed by atoms with Crippen LogP contribution < -0.4 is 5.32 Å². The summed E-state index contributed by atoms with van der Waals surface area (Å²) in [7, 11) is 0. The number of amides is 1. The number of rotatable bonds is 4. The Morgan fingerprint density at radius 2 is 1.90 bits per heavy atom. The third kappa shape index (κ3) is 4.42. The number of aliphatic carboxylic acids is 1. The number of hydrogen-bond donors (Lipinski definition) is 2. The molecule has 114 valence electrons. The SMILES string of the molecule is CC(C)(C)[C@H](NC(=O)c1cc(Cl)cc([N+](=O)[O-])c1)C(=O)O. The van der Waals surface area contributed by atoms with Crippen LogP contribution in [0.15, 0.2) is 18.2 Å². The molecular formula is C13H15ClN2O5. The maximum atomic E-state index is 12.1. The first-order valence-corrected chi connectivity index (χ1v) is 6.39. The fourth-order valence-corrected chi connectivity index (χ4v) is 1.90. The average Bonchev–Trinajstić information content (AvgIpc) is 2.32. The van der Waals surface area contributed by atoms with Gasteiger partial charge in [0.15, 0.2) is 0 Å². The molecule has 1 rings (SSSR count). The van der Waals surface area contributed by atoms with Crippen LogP contribution in [0.5, 0.6) is 0 Å². The molecule has 2 N–H and O–H groups in total. The van der Waals surface area contributed by atoms with Crippen molar-refractivity contribution in [3.63, 3.8) is 0 Å². The molecule has 1 aromatic rings. The second-order valence-electron chi connectivity index (χ2n) is 5.57. The van der Waals surface area contributed by atoms with Gasteiger partial charge in [0, 0.05) is 22.7 Å². The number of nitro benzene ring substituents is 1. The molecule has 0 saturated carbocycles. The summed E-state index contributed by atoms with van der Waals surface area (Å²) in [5.41, 5.74) is -1.12. The van der Waals surface area contributed by atoms with Gasteiger partial charge in [-0.05, 0) is 11.5 Å². The van der Waals surface area contributed by atoms with Gasteiger partial charge < -0.3 is 10.4 Å². The predicted octanol–water partition coefficient (Wildman–Crippen LogP) is 2.48. The first-order chi connectivity index (χ1) is 9.52. The van der Waals surface area contributed by atoms with Crippen molar-refractivity contribution in [1.29, 1.82) is 0 Å². The van der Waals surface area contributed by atoms with Crippen molar-refractivity contribution in [2.24, 2.45) is 5.41 Å². The fraction of sp³-hybridized carbons (Fsp3) is 0.385. The molecule has 0 spiro atoms. The van der Waals surface area contributed by atoms with Crippen LogP contribution in [0.25, 0.3) is 0 Å². The van der Waals surface area contributed by atoms with Crippen LogP contribution in [-0.2, 0) is 4.79 Å². The minimum atomic E-state index is -1.19. The number of nitrogens with one attached hydrogen (secondary N) is 1. The second-order valence-corrected chi connectivity index (χ2v) is 6.00. The summed E-state index contributed by atoms with van der Waals surface area (Å²) in [6.07, 6.45) is 0. The van der Waals surface area contributed by atoms with Gasteiger partial charge in [0.25, 0.3) is 11.6 Å². The van der Waals surface area contributed by atoms with E-state index in [9.17, 15) is 19.7 Å². The number of benzene rings is 1. The van der Waals surface area contributed by atoms with Crippen molar-refractivity contribution in [2.45, 2.75) is 26.8 Å². The molecule has 0 aliphatic carbocycles. The molecular weight excluding hydrogens is 300 g/mol. The Kier molecular flexibility index (Phi) is 4.90. The third-order valence-electron chi connectivity index (χ3n) is 2.74. The number of non-ortho nitro benzene ring substituents is 1. The maximum absolute atomic E-state index is 12.1. The molecule has 0 fully saturated rings. The van der Waals surface area contributed by atoms with Crippen LogP contribution >= 0.6 is 11.6 Å². The molecule has 0 unspecified atom stereocenters. The number of carboxylic acid groups (broad SMARTS) is 1. The van der Waals surface area contributed by atoms with Crippen LogP contribution in [0.4, 0.5) is 5.69 Å². The van der Waals surface area contributed by atoms with Gasteiger partial charge in [-0.2, -0.15) is 0 Å². The van der Waals surface area contributed by atoms with E-state index in [1.165, 1.54) is 6.07 Å². The summed E-state index contributed by atoms with van der Waals surface area (Å²) in [5, 5.41) is 22.3. The Hall–Kier alpha value is -2.15. The van der Waals surface area contributed by atoms with Crippen molar-refractivity contribution < 1.29 is 19.6 Å². The Labute approximate surface area is 126 Å². The lowest BCUT2D eigenvalue weighted by Crippen LogP contribution is -2.49. The van der Waals surface area contributed by atoms with Crippen molar-refractivity contribution in [3.05, 3.63) is 38.9 Å². The Morgan fingerprint density at radius 3 is 2.33 bits per heavy atom. The lowest BCUT2D eigenvalue weighted by Gasteiger charge is -2.27. The lowest BCUT2D eigenvalue weighted by molar-refractivity contribution is -0.384. The van der Waals surface area contributed by atoms with Gasteiger partial charge >= 0.3 is 5.97 Å². The van der Waals surface area contributed by atoms with Gasteiger partial charge in [0.1, 0.15) is 6.04 Å². The number of hydrogen-bond acceptors (Lipinski definition) is 4. The monoisotopic (exact) mass is 314 g/mol.